The van der Waals surface area contributed by atoms with Gasteiger partial charge in [-0.25, -0.2) is 4.79 Å². The van der Waals surface area contributed by atoms with Crippen LogP contribution in [-0.4, -0.2) is 151 Å². The van der Waals surface area contributed by atoms with Gasteiger partial charge < -0.3 is 48.6 Å². The first-order chi connectivity index (χ1) is 30.9. The number of aliphatic hydroxyl groups excluding tert-OH is 1. The van der Waals surface area contributed by atoms with Crippen molar-refractivity contribution in [1.82, 2.24) is 9.80 Å². The van der Waals surface area contributed by atoms with Crippen molar-refractivity contribution in [3.8, 4) is 11.1 Å². The Balaban J connectivity index is 1.22. The minimum absolute atomic E-state index is 0.0779. The zero-order valence-corrected chi connectivity index (χ0v) is 39.6. The second kappa shape index (κ2) is 20.2. The number of nitrogens with zero attached hydrogens (tertiary/aromatic N) is 4. The molecule has 0 radical (unpaired) electrons. The van der Waals surface area contributed by atoms with Crippen molar-refractivity contribution in [2.75, 3.05) is 52.3 Å². The predicted molar refractivity (Wildman–Crippen MR) is 244 cm³/mol. The van der Waals surface area contributed by atoms with Gasteiger partial charge in [0.1, 0.15) is 17.9 Å². The van der Waals surface area contributed by atoms with Crippen LogP contribution in [0.25, 0.3) is 11.1 Å². The number of aliphatic imine (C=N–C) groups is 1. The van der Waals surface area contributed by atoms with E-state index in [1.807, 2.05) is 108 Å². The van der Waals surface area contributed by atoms with Crippen LogP contribution >= 0.6 is 0 Å². The summed E-state index contributed by atoms with van der Waals surface area (Å²) in [7, 11) is 3.84. The van der Waals surface area contributed by atoms with Crippen LogP contribution in [0.1, 0.15) is 74.7 Å². The summed E-state index contributed by atoms with van der Waals surface area (Å²) in [6.45, 7) is 15.7. The maximum Gasteiger partial charge on any atom is 0.410 e. The third-order valence-corrected chi connectivity index (χ3v) is 14.2. The summed E-state index contributed by atoms with van der Waals surface area (Å²) in [5.41, 5.74) is 1.60. The molecule has 5 aliphatic rings. The van der Waals surface area contributed by atoms with Crippen LogP contribution in [-0.2, 0) is 42.8 Å². The topological polar surface area (TPSA) is 179 Å². The number of fused-ring (bicyclic) bond motifs is 4. The summed E-state index contributed by atoms with van der Waals surface area (Å²) < 4.78 is 39.8. The number of carbonyl (C=O) groups excluding carboxylic acids is 3. The van der Waals surface area contributed by atoms with Gasteiger partial charge in [0.15, 0.2) is 18.5 Å². The number of esters is 1. The monoisotopic (exact) mass is 903 g/mol. The van der Waals surface area contributed by atoms with Crippen LogP contribution in [0.3, 0.4) is 0 Å². The van der Waals surface area contributed by atoms with Gasteiger partial charge in [0.2, 0.25) is 0 Å². The van der Waals surface area contributed by atoms with Crippen molar-refractivity contribution < 1.29 is 52.7 Å². The number of nitrogens with one attached hydrogen (secondary N) is 1. The number of ether oxygens (including phenoxy) is 6. The first-order valence-electron chi connectivity index (χ1n) is 23.2. The van der Waals surface area contributed by atoms with Crippen molar-refractivity contribution >= 4 is 35.1 Å². The minimum atomic E-state index is -1.17. The second-order valence-electron chi connectivity index (χ2n) is 19.3. The molecule has 2 amide bonds. The van der Waals surface area contributed by atoms with Crippen LogP contribution in [0.4, 0.5) is 10.5 Å². The molecular weight excluding hydrogens is 835 g/mol. The van der Waals surface area contributed by atoms with Gasteiger partial charge in [0.25, 0.3) is 5.91 Å². The molecule has 16 nitrogen and oxygen atoms in total. The number of rotatable bonds is 9. The molecule has 7 rings (SSSR count). The lowest BCUT2D eigenvalue weighted by molar-refractivity contribution is -0.302. The largest absolute Gasteiger partial charge is 0.458 e. The molecule has 0 aliphatic carbocycles. The van der Waals surface area contributed by atoms with Crippen LogP contribution in [0.15, 0.2) is 64.7 Å². The number of amides is 2. The lowest BCUT2D eigenvalue weighted by atomic mass is 9.72. The van der Waals surface area contributed by atoms with E-state index < -0.39 is 77.8 Å². The number of benzene rings is 2. The predicted octanol–water partition coefficient (Wildman–Crippen LogP) is 5.95. The van der Waals surface area contributed by atoms with E-state index >= 15 is 0 Å². The molecule has 0 unspecified atom stereocenters. The molecule has 5 aliphatic heterocycles. The molecule has 16 heteroatoms. The number of cyclic esters (lactones) is 1. The van der Waals surface area contributed by atoms with Crippen molar-refractivity contribution in [2.45, 2.75) is 135 Å². The average molecular weight is 904 g/mol. The van der Waals surface area contributed by atoms with E-state index in [9.17, 15) is 19.5 Å². The molecule has 5 heterocycles. The van der Waals surface area contributed by atoms with E-state index in [-0.39, 0.29) is 43.8 Å². The Morgan fingerprint density at radius 1 is 1.00 bits per heavy atom. The van der Waals surface area contributed by atoms with Gasteiger partial charge in [-0.3, -0.25) is 19.5 Å². The number of oxime groups is 1. The first kappa shape index (κ1) is 48.5. The molecule has 356 valence electrons. The van der Waals surface area contributed by atoms with Crippen molar-refractivity contribution in [3.63, 3.8) is 0 Å². The number of hydrogen-bond acceptors (Lipinski definition) is 14. The highest BCUT2D eigenvalue weighted by Gasteiger charge is 2.60. The number of aliphatic hydroxyl groups is 1. The SMILES string of the molecule is CC[C@@H]1OC(=O)[C@H](C)[C@H]2OCC(=NOCC(=O)Nc3ccc(-c4ccccc4)cc3)CO[C@](C)(C[C@@H](C)C3=NCCN4C(=O)O[C@@]1(C)[C@H]4[C@H]3C)[C@@H](O[C@H]1O[C@@H](C)C[C@@H](N(C)C)[C@@H]1O)[C@@H]2C. The summed E-state index contributed by atoms with van der Waals surface area (Å²) >= 11 is 0. The molecule has 0 saturated carbocycles. The summed E-state index contributed by atoms with van der Waals surface area (Å²) in [6.07, 6.45) is -3.82. The molecular formula is C49H69N5O11. The van der Waals surface area contributed by atoms with E-state index in [0.717, 1.165) is 16.8 Å². The third kappa shape index (κ3) is 10.3. The molecule has 4 saturated heterocycles. The zero-order valence-electron chi connectivity index (χ0n) is 39.6. The van der Waals surface area contributed by atoms with Crippen LogP contribution in [0, 0.1) is 23.7 Å². The number of likely N-dealkylation sites (N-methyl/N-ethyl adjacent to an activating group) is 1. The van der Waals surface area contributed by atoms with Crippen molar-refractivity contribution in [2.24, 2.45) is 33.8 Å². The van der Waals surface area contributed by atoms with Gasteiger partial charge in [0, 0.05) is 35.8 Å². The van der Waals surface area contributed by atoms with Gasteiger partial charge in [0.05, 0.1) is 55.6 Å². The molecule has 2 N–H and O–H groups in total. The molecule has 65 heavy (non-hydrogen) atoms. The zero-order chi connectivity index (χ0) is 46.8. The Morgan fingerprint density at radius 3 is 2.40 bits per heavy atom. The Labute approximate surface area is 383 Å². The number of hydrogen-bond donors (Lipinski definition) is 2. The lowest BCUT2D eigenvalue weighted by Crippen LogP contribution is -2.60. The van der Waals surface area contributed by atoms with E-state index in [1.165, 1.54) is 0 Å². The Hall–Kier alpha value is -4.45. The minimum Gasteiger partial charge on any atom is -0.458 e. The van der Waals surface area contributed by atoms with Crippen LogP contribution in [0.5, 0.6) is 0 Å². The number of anilines is 1. The Bertz CT molecular complexity index is 2050. The Morgan fingerprint density at radius 2 is 1.71 bits per heavy atom. The molecule has 0 aromatic heterocycles. The van der Waals surface area contributed by atoms with Gasteiger partial charge >= 0.3 is 12.1 Å². The fourth-order valence-electron chi connectivity index (χ4n) is 11.0. The molecule has 2 aromatic carbocycles. The summed E-state index contributed by atoms with van der Waals surface area (Å²) in [5, 5.41) is 19.1. The van der Waals surface area contributed by atoms with Gasteiger partial charge in [-0.15, -0.1) is 0 Å². The molecule has 0 spiro atoms. The third-order valence-electron chi connectivity index (χ3n) is 14.2. The number of carbonyl (C=O) groups is 3. The highest BCUT2D eigenvalue weighted by molar-refractivity contribution is 5.92. The standard InChI is InChI=1S/C49H69N5O11/c1-11-38-49(8)43-30(4)40(50-21-22-54(43)47(58)65-49)28(2)24-48(7)44(64-46-41(56)37(53(9)10)23-29(3)62-46)31(5)42(32(6)45(57)63-38)59-25-36(26-60-48)52-61-27-39(55)51-35-19-17-34(18-20-35)33-15-13-12-14-16-33/h12-20,28-32,37-38,41-44,46,56H,11,21-27H2,1-10H3,(H,51,55)/t28-,29+,30+,31-,32-,37-,38+,41+,42+,43-,44+,46-,48-,49-/m1/s1. The quantitative estimate of drug-likeness (QED) is 0.224. The maximum atomic E-state index is 14.6. The summed E-state index contributed by atoms with van der Waals surface area (Å²) in [5.74, 6) is -2.89. The fraction of sp³-hybridized carbons (Fsp3) is 0.653. The molecule has 14 atom stereocenters. The van der Waals surface area contributed by atoms with Gasteiger partial charge in [-0.05, 0) is 90.2 Å². The van der Waals surface area contributed by atoms with Crippen LogP contribution < -0.4 is 5.32 Å². The van der Waals surface area contributed by atoms with Gasteiger partial charge in [-0.1, -0.05) is 75.3 Å². The van der Waals surface area contributed by atoms with E-state index in [4.69, 9.17) is 38.3 Å². The highest BCUT2D eigenvalue weighted by atomic mass is 16.7. The van der Waals surface area contributed by atoms with E-state index in [0.29, 0.717) is 43.8 Å². The van der Waals surface area contributed by atoms with E-state index in [1.54, 1.807) is 11.8 Å². The summed E-state index contributed by atoms with van der Waals surface area (Å²) in [4.78, 5) is 55.8. The normalized spacial score (nSPS) is 37.5. The van der Waals surface area contributed by atoms with Crippen molar-refractivity contribution in [1.29, 1.82) is 0 Å². The van der Waals surface area contributed by atoms with Gasteiger partial charge in [-0.2, -0.15) is 0 Å². The Kier molecular flexibility index (Phi) is 15.1. The van der Waals surface area contributed by atoms with Crippen molar-refractivity contribution in [3.05, 3.63) is 54.6 Å². The lowest BCUT2D eigenvalue weighted by Gasteiger charge is -2.48. The summed E-state index contributed by atoms with van der Waals surface area (Å²) in [6, 6.07) is 16.8. The molecule has 4 fully saturated rings. The first-order valence-corrected chi connectivity index (χ1v) is 23.2. The fourth-order valence-corrected chi connectivity index (χ4v) is 11.0. The highest BCUT2D eigenvalue weighted by Crippen LogP contribution is 2.45. The molecule has 2 aromatic rings. The average Bonchev–Trinajstić information content (AvgIpc) is 3.42. The molecule has 4 bridgehead atoms. The van der Waals surface area contributed by atoms with E-state index in [2.05, 4.69) is 24.3 Å². The second-order valence-corrected chi connectivity index (χ2v) is 19.3. The smallest absolute Gasteiger partial charge is 0.410 e. The van der Waals surface area contributed by atoms with Crippen LogP contribution in [0.2, 0.25) is 0 Å². The maximum absolute atomic E-state index is 14.6.